The van der Waals surface area contributed by atoms with Crippen molar-refractivity contribution in [1.29, 1.82) is 0 Å². The van der Waals surface area contributed by atoms with Crippen molar-refractivity contribution >= 4 is 28.9 Å². The third-order valence-corrected chi connectivity index (χ3v) is 4.75. The van der Waals surface area contributed by atoms with Crippen LogP contribution in [0.4, 0.5) is 17.3 Å². The van der Waals surface area contributed by atoms with E-state index in [1.165, 1.54) is 24.9 Å². The lowest BCUT2D eigenvalue weighted by Gasteiger charge is -2.36. The molecule has 0 spiro atoms. The van der Waals surface area contributed by atoms with Crippen LogP contribution in [0.5, 0.6) is 0 Å². The number of benzene rings is 1. The summed E-state index contributed by atoms with van der Waals surface area (Å²) in [5.41, 5.74) is 1.19. The fraction of sp³-hybridized carbons (Fsp3) is 0.474. The Balaban J connectivity index is 1.55. The maximum absolute atomic E-state index is 6.11. The number of nitrogens with zero attached hydrogens (tertiary/aromatic N) is 4. The van der Waals surface area contributed by atoms with Crippen molar-refractivity contribution in [1.82, 2.24) is 9.97 Å². The van der Waals surface area contributed by atoms with E-state index in [1.54, 1.807) is 6.33 Å². The number of halogens is 1. The summed E-state index contributed by atoms with van der Waals surface area (Å²) in [5, 5.41) is 4.18. The molecule has 1 aliphatic rings. The summed E-state index contributed by atoms with van der Waals surface area (Å²) in [5.74, 6) is 1.91. The quantitative estimate of drug-likeness (QED) is 0.755. The molecule has 1 N–H and O–H groups in total. The van der Waals surface area contributed by atoms with Crippen molar-refractivity contribution < 1.29 is 0 Å². The van der Waals surface area contributed by atoms with Crippen LogP contribution in [0.1, 0.15) is 26.2 Å². The molecule has 0 unspecified atom stereocenters. The van der Waals surface area contributed by atoms with Crippen LogP contribution in [0.15, 0.2) is 36.7 Å². The van der Waals surface area contributed by atoms with Gasteiger partial charge in [0, 0.05) is 49.5 Å². The Morgan fingerprint density at radius 3 is 2.60 bits per heavy atom. The molecule has 3 rings (SSSR count). The first-order chi connectivity index (χ1) is 12.3. The van der Waals surface area contributed by atoms with Crippen molar-refractivity contribution in [3.05, 3.63) is 41.7 Å². The lowest BCUT2D eigenvalue weighted by Crippen LogP contribution is -2.46. The summed E-state index contributed by atoms with van der Waals surface area (Å²) in [6, 6.07) is 10.1. The third-order valence-electron chi connectivity index (χ3n) is 4.52. The molecule has 25 heavy (non-hydrogen) atoms. The molecule has 0 saturated carbocycles. The standard InChI is InChI=1S/C19H26ClN5/c1-2-3-4-8-21-18-14-19(23-15-22-18)25-11-9-24(10-12-25)17-7-5-6-16(20)13-17/h5-7,13-15H,2-4,8-12H2,1H3,(H,21,22,23). The van der Waals surface area contributed by atoms with Gasteiger partial charge in [0.15, 0.2) is 0 Å². The Labute approximate surface area is 155 Å². The second-order valence-corrected chi connectivity index (χ2v) is 6.79. The minimum atomic E-state index is 0.787. The molecule has 0 radical (unpaired) electrons. The summed E-state index contributed by atoms with van der Waals surface area (Å²) < 4.78 is 0. The first kappa shape index (κ1) is 17.8. The molecular weight excluding hydrogens is 334 g/mol. The fourth-order valence-electron chi connectivity index (χ4n) is 3.07. The zero-order chi connectivity index (χ0) is 17.5. The maximum atomic E-state index is 6.11. The van der Waals surface area contributed by atoms with E-state index in [0.717, 1.165) is 49.4 Å². The molecule has 1 aliphatic heterocycles. The normalized spacial score (nSPS) is 14.6. The zero-order valence-corrected chi connectivity index (χ0v) is 15.5. The number of hydrogen-bond acceptors (Lipinski definition) is 5. The second kappa shape index (κ2) is 8.90. The van der Waals surface area contributed by atoms with E-state index >= 15 is 0 Å². The number of unbranched alkanes of at least 4 members (excludes halogenated alkanes) is 2. The van der Waals surface area contributed by atoms with Gasteiger partial charge in [0.2, 0.25) is 0 Å². The molecule has 1 fully saturated rings. The predicted molar refractivity (Wildman–Crippen MR) is 106 cm³/mol. The van der Waals surface area contributed by atoms with E-state index in [9.17, 15) is 0 Å². The van der Waals surface area contributed by atoms with E-state index in [2.05, 4.69) is 44.1 Å². The topological polar surface area (TPSA) is 44.3 Å². The van der Waals surface area contributed by atoms with Gasteiger partial charge in [-0.3, -0.25) is 0 Å². The number of anilines is 3. The van der Waals surface area contributed by atoms with E-state index in [4.69, 9.17) is 11.6 Å². The molecule has 1 aromatic heterocycles. The van der Waals surface area contributed by atoms with E-state index in [0.29, 0.717) is 0 Å². The molecule has 1 saturated heterocycles. The predicted octanol–water partition coefficient (Wildman–Crippen LogP) is 4.06. The van der Waals surface area contributed by atoms with Crippen molar-refractivity contribution in [3.63, 3.8) is 0 Å². The highest BCUT2D eigenvalue weighted by molar-refractivity contribution is 6.30. The van der Waals surface area contributed by atoms with Gasteiger partial charge in [-0.15, -0.1) is 0 Å². The molecule has 5 nitrogen and oxygen atoms in total. The largest absolute Gasteiger partial charge is 0.370 e. The van der Waals surface area contributed by atoms with Crippen LogP contribution in [0.25, 0.3) is 0 Å². The van der Waals surface area contributed by atoms with Gasteiger partial charge in [-0.1, -0.05) is 37.4 Å². The molecule has 0 atom stereocenters. The van der Waals surface area contributed by atoms with Crippen molar-refractivity contribution in [3.8, 4) is 0 Å². The molecule has 0 aliphatic carbocycles. The summed E-state index contributed by atoms with van der Waals surface area (Å²) >= 11 is 6.11. The lowest BCUT2D eigenvalue weighted by molar-refractivity contribution is 0.647. The van der Waals surface area contributed by atoms with Gasteiger partial charge in [-0.05, 0) is 24.6 Å². The average Bonchev–Trinajstić information content (AvgIpc) is 2.66. The zero-order valence-electron chi connectivity index (χ0n) is 14.8. The van der Waals surface area contributed by atoms with Gasteiger partial charge >= 0.3 is 0 Å². The number of piperazine rings is 1. The molecule has 6 heteroatoms. The van der Waals surface area contributed by atoms with Crippen molar-refractivity contribution in [2.24, 2.45) is 0 Å². The number of nitrogens with one attached hydrogen (secondary N) is 1. The number of aromatic nitrogens is 2. The Kier molecular flexibility index (Phi) is 6.34. The summed E-state index contributed by atoms with van der Waals surface area (Å²) in [4.78, 5) is 13.5. The molecule has 0 amide bonds. The van der Waals surface area contributed by atoms with Gasteiger partial charge in [-0.25, -0.2) is 9.97 Å². The Hall–Kier alpha value is -2.01. The number of rotatable bonds is 7. The van der Waals surface area contributed by atoms with Crippen LogP contribution in [-0.4, -0.2) is 42.7 Å². The number of hydrogen-bond donors (Lipinski definition) is 1. The van der Waals surface area contributed by atoms with E-state index in [-0.39, 0.29) is 0 Å². The molecule has 2 aromatic rings. The highest BCUT2D eigenvalue weighted by atomic mass is 35.5. The van der Waals surface area contributed by atoms with Crippen molar-refractivity contribution in [2.45, 2.75) is 26.2 Å². The molecular formula is C19H26ClN5. The Bertz CT molecular complexity index is 670. The van der Waals surface area contributed by atoms with Gasteiger partial charge in [0.25, 0.3) is 0 Å². The van der Waals surface area contributed by atoms with Crippen LogP contribution in [0, 0.1) is 0 Å². The fourth-order valence-corrected chi connectivity index (χ4v) is 3.26. The van der Waals surface area contributed by atoms with Crippen LogP contribution in [0.2, 0.25) is 5.02 Å². The maximum Gasteiger partial charge on any atom is 0.134 e. The highest BCUT2D eigenvalue weighted by Crippen LogP contribution is 2.22. The van der Waals surface area contributed by atoms with Crippen molar-refractivity contribution in [2.75, 3.05) is 47.8 Å². The molecule has 134 valence electrons. The third kappa shape index (κ3) is 4.98. The summed E-state index contributed by atoms with van der Waals surface area (Å²) in [7, 11) is 0. The summed E-state index contributed by atoms with van der Waals surface area (Å²) in [6.07, 6.45) is 5.30. The average molecular weight is 360 g/mol. The van der Waals surface area contributed by atoms with Crippen LogP contribution >= 0.6 is 11.6 Å². The van der Waals surface area contributed by atoms with Gasteiger partial charge in [0.1, 0.15) is 18.0 Å². The molecule has 1 aromatic carbocycles. The van der Waals surface area contributed by atoms with Crippen LogP contribution in [-0.2, 0) is 0 Å². The van der Waals surface area contributed by atoms with E-state index in [1.807, 2.05) is 18.2 Å². The van der Waals surface area contributed by atoms with E-state index < -0.39 is 0 Å². The SMILES string of the molecule is CCCCCNc1cc(N2CCN(c3cccc(Cl)c3)CC2)ncn1. The van der Waals surface area contributed by atoms with Crippen LogP contribution < -0.4 is 15.1 Å². The Morgan fingerprint density at radius 2 is 1.84 bits per heavy atom. The van der Waals surface area contributed by atoms with Gasteiger partial charge in [-0.2, -0.15) is 0 Å². The van der Waals surface area contributed by atoms with Gasteiger partial charge < -0.3 is 15.1 Å². The lowest BCUT2D eigenvalue weighted by atomic mass is 10.2. The molecule has 2 heterocycles. The first-order valence-electron chi connectivity index (χ1n) is 9.07. The minimum absolute atomic E-state index is 0.787. The first-order valence-corrected chi connectivity index (χ1v) is 9.45. The monoisotopic (exact) mass is 359 g/mol. The molecule has 0 bridgehead atoms. The summed E-state index contributed by atoms with van der Waals surface area (Å²) in [6.45, 7) is 6.99. The van der Waals surface area contributed by atoms with Gasteiger partial charge in [0.05, 0.1) is 0 Å². The highest BCUT2D eigenvalue weighted by Gasteiger charge is 2.18. The minimum Gasteiger partial charge on any atom is -0.370 e. The Morgan fingerprint density at radius 1 is 1.04 bits per heavy atom. The van der Waals surface area contributed by atoms with Crippen LogP contribution in [0.3, 0.4) is 0 Å². The second-order valence-electron chi connectivity index (χ2n) is 6.35. The smallest absolute Gasteiger partial charge is 0.134 e.